The summed E-state index contributed by atoms with van der Waals surface area (Å²) >= 11 is 0. The number of rotatable bonds is 9. The van der Waals surface area contributed by atoms with Gasteiger partial charge in [-0.3, -0.25) is 9.59 Å². The molecule has 1 aromatic heterocycles. The molecule has 8 nitrogen and oxygen atoms in total. The summed E-state index contributed by atoms with van der Waals surface area (Å²) in [7, 11) is 1.54. The highest BCUT2D eigenvalue weighted by Gasteiger charge is 2.21. The topological polar surface area (TPSA) is 94.5 Å². The average molecular weight is 541 g/mol. The molecule has 1 fully saturated rings. The average Bonchev–Trinajstić information content (AvgIpc) is 3.67. The van der Waals surface area contributed by atoms with E-state index in [1.54, 1.807) is 60.5 Å². The number of halogens is 1. The van der Waals surface area contributed by atoms with Crippen LogP contribution in [0.4, 0.5) is 4.39 Å². The lowest BCUT2D eigenvalue weighted by Crippen LogP contribution is -2.38. The first-order valence-electron chi connectivity index (χ1n) is 13.0. The Morgan fingerprint density at radius 1 is 1.07 bits per heavy atom. The van der Waals surface area contributed by atoms with Gasteiger partial charge in [-0.05, 0) is 79.6 Å². The molecule has 3 aromatic carbocycles. The first-order chi connectivity index (χ1) is 19.5. The summed E-state index contributed by atoms with van der Waals surface area (Å²) in [5.41, 5.74) is 2.94. The maximum absolute atomic E-state index is 13.7. The molecule has 204 valence electrons. The third kappa shape index (κ3) is 6.44. The monoisotopic (exact) mass is 540 g/mol. The van der Waals surface area contributed by atoms with E-state index in [0.717, 1.165) is 18.5 Å². The summed E-state index contributed by atoms with van der Waals surface area (Å²) in [6.07, 6.45) is 5.07. The number of methoxy groups -OCH3 is 1. The summed E-state index contributed by atoms with van der Waals surface area (Å²) in [5.74, 6) is -0.682. The van der Waals surface area contributed by atoms with Gasteiger partial charge in [0, 0.05) is 36.0 Å². The van der Waals surface area contributed by atoms with E-state index in [9.17, 15) is 14.0 Å². The van der Waals surface area contributed by atoms with E-state index in [2.05, 4.69) is 10.6 Å². The Kier molecular flexibility index (Phi) is 8.32. The number of carbonyl (C=O) groups excluding carboxylic acids is 2. The maximum atomic E-state index is 13.7. The minimum absolute atomic E-state index is 0.0368. The molecular weight excluding hydrogens is 511 g/mol. The Balaban J connectivity index is 1.52. The van der Waals surface area contributed by atoms with Crippen LogP contribution in [0.3, 0.4) is 0 Å². The van der Waals surface area contributed by atoms with Crippen molar-refractivity contribution in [3.05, 3.63) is 108 Å². The molecule has 2 heterocycles. The fourth-order valence-electron chi connectivity index (χ4n) is 4.40. The number of hydrogen-bond acceptors (Lipinski definition) is 5. The van der Waals surface area contributed by atoms with E-state index in [1.807, 2.05) is 30.3 Å². The minimum atomic E-state index is -0.463. The quantitative estimate of drug-likeness (QED) is 0.299. The SMILES string of the molecule is COc1ccc(C(=O)N/C(=C\c2cn(-c3ccccc3)nc2-c2ccc(F)cc2)C(=O)NC[C@@H]2CCCO2)cc1. The van der Waals surface area contributed by atoms with Gasteiger partial charge in [0.1, 0.15) is 23.0 Å². The van der Waals surface area contributed by atoms with E-state index in [0.29, 0.717) is 41.3 Å². The molecule has 4 aromatic rings. The summed E-state index contributed by atoms with van der Waals surface area (Å²) in [5, 5.41) is 10.4. The molecule has 1 saturated heterocycles. The summed E-state index contributed by atoms with van der Waals surface area (Å²) in [6.45, 7) is 0.986. The summed E-state index contributed by atoms with van der Waals surface area (Å²) < 4.78 is 26.2. The maximum Gasteiger partial charge on any atom is 0.267 e. The standard InChI is InChI=1S/C31H29FN4O4/c1-39-26-15-11-22(12-16-26)30(37)34-28(31(38)33-19-27-8-5-17-40-27)18-23-20-36(25-6-3-2-4-7-25)35-29(23)21-9-13-24(32)14-10-21/h2-4,6-7,9-16,18,20,27H,5,8,17,19H2,1H3,(H,33,38)(H,34,37)/b28-18-/t27-/m0/s1. The number of hydrogen-bond donors (Lipinski definition) is 2. The van der Waals surface area contributed by atoms with Crippen molar-refractivity contribution in [1.29, 1.82) is 0 Å². The van der Waals surface area contributed by atoms with Crippen LogP contribution in [0, 0.1) is 5.82 Å². The third-order valence-corrected chi connectivity index (χ3v) is 6.54. The Morgan fingerprint density at radius 2 is 1.82 bits per heavy atom. The highest BCUT2D eigenvalue weighted by atomic mass is 19.1. The predicted octanol–water partition coefficient (Wildman–Crippen LogP) is 4.75. The number of amides is 2. The van der Waals surface area contributed by atoms with Crippen LogP contribution in [0.25, 0.3) is 23.0 Å². The van der Waals surface area contributed by atoms with E-state index in [4.69, 9.17) is 14.6 Å². The predicted molar refractivity (Wildman–Crippen MR) is 149 cm³/mol. The zero-order chi connectivity index (χ0) is 27.9. The van der Waals surface area contributed by atoms with Crippen LogP contribution >= 0.6 is 0 Å². The van der Waals surface area contributed by atoms with Crippen molar-refractivity contribution in [2.75, 3.05) is 20.3 Å². The molecule has 2 amide bonds. The van der Waals surface area contributed by atoms with Gasteiger partial charge < -0.3 is 20.1 Å². The fourth-order valence-corrected chi connectivity index (χ4v) is 4.40. The van der Waals surface area contributed by atoms with Crippen molar-refractivity contribution < 1.29 is 23.5 Å². The van der Waals surface area contributed by atoms with Crippen LogP contribution < -0.4 is 15.4 Å². The van der Waals surface area contributed by atoms with Gasteiger partial charge in [0.15, 0.2) is 0 Å². The number of aromatic nitrogens is 2. The molecule has 1 atom stereocenters. The molecule has 0 radical (unpaired) electrons. The summed E-state index contributed by atoms with van der Waals surface area (Å²) in [4.78, 5) is 26.6. The second kappa shape index (κ2) is 12.4. The summed E-state index contributed by atoms with van der Waals surface area (Å²) in [6, 6.07) is 22.0. The zero-order valence-electron chi connectivity index (χ0n) is 22.0. The molecule has 0 unspecified atom stereocenters. The van der Waals surface area contributed by atoms with Gasteiger partial charge in [-0.25, -0.2) is 9.07 Å². The number of benzene rings is 3. The molecular formula is C31H29FN4O4. The number of nitrogens with zero attached hydrogens (tertiary/aromatic N) is 2. The highest BCUT2D eigenvalue weighted by molar-refractivity contribution is 6.05. The number of ether oxygens (including phenoxy) is 2. The van der Waals surface area contributed by atoms with E-state index < -0.39 is 11.8 Å². The Bertz CT molecular complexity index is 1490. The lowest BCUT2D eigenvalue weighted by molar-refractivity contribution is -0.118. The Labute approximate surface area is 231 Å². The molecule has 9 heteroatoms. The minimum Gasteiger partial charge on any atom is -0.497 e. The fraction of sp³-hybridized carbons (Fsp3) is 0.194. The molecule has 0 aliphatic carbocycles. The molecule has 1 aliphatic rings. The Morgan fingerprint density at radius 3 is 2.50 bits per heavy atom. The highest BCUT2D eigenvalue weighted by Crippen LogP contribution is 2.26. The molecule has 1 aliphatic heterocycles. The van der Waals surface area contributed by atoms with Crippen molar-refractivity contribution in [1.82, 2.24) is 20.4 Å². The van der Waals surface area contributed by atoms with Crippen LogP contribution in [0.15, 0.2) is 90.8 Å². The second-order valence-corrected chi connectivity index (χ2v) is 9.31. The van der Waals surface area contributed by atoms with Gasteiger partial charge in [-0.15, -0.1) is 0 Å². The largest absolute Gasteiger partial charge is 0.497 e. The van der Waals surface area contributed by atoms with Crippen molar-refractivity contribution in [2.24, 2.45) is 0 Å². The zero-order valence-corrected chi connectivity index (χ0v) is 22.0. The van der Waals surface area contributed by atoms with Crippen LogP contribution in [-0.4, -0.2) is 48.0 Å². The van der Waals surface area contributed by atoms with Gasteiger partial charge in [-0.1, -0.05) is 18.2 Å². The lowest BCUT2D eigenvalue weighted by Gasteiger charge is -2.14. The molecule has 2 N–H and O–H groups in total. The van der Waals surface area contributed by atoms with Crippen molar-refractivity contribution in [3.8, 4) is 22.7 Å². The van der Waals surface area contributed by atoms with E-state index in [1.165, 1.54) is 12.1 Å². The van der Waals surface area contributed by atoms with E-state index >= 15 is 0 Å². The van der Waals surface area contributed by atoms with Crippen LogP contribution in [-0.2, 0) is 9.53 Å². The van der Waals surface area contributed by atoms with Crippen LogP contribution in [0.5, 0.6) is 5.75 Å². The Hall–Kier alpha value is -4.76. The van der Waals surface area contributed by atoms with Gasteiger partial charge in [-0.2, -0.15) is 5.10 Å². The second-order valence-electron chi connectivity index (χ2n) is 9.31. The molecule has 0 bridgehead atoms. The van der Waals surface area contributed by atoms with Gasteiger partial charge in [0.25, 0.3) is 11.8 Å². The molecule has 5 rings (SSSR count). The van der Waals surface area contributed by atoms with Gasteiger partial charge in [0.2, 0.25) is 0 Å². The van der Waals surface area contributed by atoms with Gasteiger partial charge in [0.05, 0.1) is 18.9 Å². The van der Waals surface area contributed by atoms with Crippen molar-refractivity contribution in [2.45, 2.75) is 18.9 Å². The lowest BCUT2D eigenvalue weighted by atomic mass is 10.1. The van der Waals surface area contributed by atoms with Crippen LogP contribution in [0.1, 0.15) is 28.8 Å². The van der Waals surface area contributed by atoms with Crippen molar-refractivity contribution >= 4 is 17.9 Å². The first kappa shape index (κ1) is 26.8. The molecule has 0 spiro atoms. The van der Waals surface area contributed by atoms with Crippen LogP contribution in [0.2, 0.25) is 0 Å². The third-order valence-electron chi connectivity index (χ3n) is 6.54. The van der Waals surface area contributed by atoms with E-state index in [-0.39, 0.29) is 17.6 Å². The number of nitrogens with one attached hydrogen (secondary N) is 2. The number of carbonyl (C=O) groups is 2. The van der Waals surface area contributed by atoms with Gasteiger partial charge >= 0.3 is 0 Å². The molecule has 40 heavy (non-hydrogen) atoms. The normalized spacial score (nSPS) is 15.1. The first-order valence-corrected chi connectivity index (χ1v) is 13.0. The van der Waals surface area contributed by atoms with Crippen molar-refractivity contribution in [3.63, 3.8) is 0 Å². The smallest absolute Gasteiger partial charge is 0.267 e. The number of para-hydroxylation sites is 1. The molecule has 0 saturated carbocycles.